The smallest absolute Gasteiger partial charge is 0.209 e. The van der Waals surface area contributed by atoms with Gasteiger partial charge in [0.2, 0.25) is 11.9 Å². The molecule has 0 saturated heterocycles. The Labute approximate surface area is 144 Å². The number of aryl methyl sites for hydroxylation is 3. The van der Waals surface area contributed by atoms with Gasteiger partial charge in [-0.3, -0.25) is 0 Å². The average Bonchev–Trinajstić information content (AvgIpc) is 3.24. The Bertz CT molecular complexity index is 556. The maximum absolute atomic E-state index is 5.83. The van der Waals surface area contributed by atoms with Crippen LogP contribution in [-0.2, 0) is 6.42 Å². The Kier molecular flexibility index (Phi) is 7.16. The van der Waals surface area contributed by atoms with Crippen molar-refractivity contribution >= 4 is 24.3 Å². The van der Waals surface area contributed by atoms with E-state index in [4.69, 9.17) is 17.2 Å². The summed E-state index contributed by atoms with van der Waals surface area (Å²) in [5.74, 6) is 0.840. The first-order chi connectivity index (χ1) is 10.4. The van der Waals surface area contributed by atoms with Crippen LogP contribution in [0.15, 0.2) is 28.3 Å². The summed E-state index contributed by atoms with van der Waals surface area (Å²) in [4.78, 5) is 4.54. The van der Waals surface area contributed by atoms with Crippen LogP contribution in [0.1, 0.15) is 36.0 Å². The van der Waals surface area contributed by atoms with E-state index in [0.29, 0.717) is 5.92 Å². The van der Waals surface area contributed by atoms with Crippen LogP contribution in [0.2, 0.25) is 0 Å². The van der Waals surface area contributed by atoms with Crippen molar-refractivity contribution in [2.75, 3.05) is 0 Å². The zero-order valence-electron chi connectivity index (χ0n) is 13.7. The molecule has 1 unspecified atom stereocenters. The number of benzene rings is 1. The van der Waals surface area contributed by atoms with Crippen LogP contribution in [0, 0.1) is 19.8 Å². The molecule has 2 rings (SSSR count). The van der Waals surface area contributed by atoms with E-state index in [1.165, 1.54) is 29.5 Å². The van der Waals surface area contributed by atoms with Crippen molar-refractivity contribution in [2.45, 2.75) is 45.6 Å². The van der Waals surface area contributed by atoms with E-state index in [2.05, 4.69) is 47.6 Å². The Morgan fingerprint density at radius 3 is 2.30 bits per heavy atom. The van der Waals surface area contributed by atoms with Gasteiger partial charge in [-0.15, -0.1) is 17.5 Å². The summed E-state index contributed by atoms with van der Waals surface area (Å²) >= 11 is 0. The molecule has 0 radical (unpaired) electrons. The number of halogens is 1. The van der Waals surface area contributed by atoms with Crippen LogP contribution in [0.25, 0.3) is 0 Å². The number of rotatable bonds is 6. The van der Waals surface area contributed by atoms with E-state index in [1.54, 1.807) is 0 Å². The van der Waals surface area contributed by atoms with Crippen LogP contribution in [0.5, 0.6) is 0 Å². The second-order valence-electron chi connectivity index (χ2n) is 6.10. The van der Waals surface area contributed by atoms with Gasteiger partial charge in [-0.2, -0.15) is 0 Å². The molecule has 7 heteroatoms. The maximum Gasteiger partial charge on any atom is 0.209 e. The number of aliphatic imine (C=N–C) groups is 1. The Balaban J connectivity index is 0.00000264. The number of nitrogens with zero attached hydrogens (tertiary/aromatic N) is 2. The van der Waals surface area contributed by atoms with Gasteiger partial charge >= 0.3 is 0 Å². The van der Waals surface area contributed by atoms with Crippen molar-refractivity contribution in [1.29, 1.82) is 0 Å². The lowest BCUT2D eigenvalue weighted by Crippen LogP contribution is -2.34. The van der Waals surface area contributed by atoms with Gasteiger partial charge in [0.05, 0.1) is 6.04 Å². The standard InChI is InChI=1S/C16H26N6.ClH/c1-10-7-11(2)9-12(8-10)3-6-14(13-4-5-13)20-16(19)22-21-15(17)18;/h7-9,13-14H,3-6H2,1-2H3,(H4,17,18,21)(H3,19,20,22);1H. The molecule has 1 aliphatic rings. The molecule has 0 aliphatic heterocycles. The lowest BCUT2D eigenvalue weighted by Gasteiger charge is -2.13. The van der Waals surface area contributed by atoms with E-state index >= 15 is 0 Å². The molecule has 1 aliphatic carbocycles. The molecule has 1 aromatic carbocycles. The molecule has 1 aromatic rings. The average molecular weight is 339 g/mol. The van der Waals surface area contributed by atoms with Gasteiger partial charge < -0.3 is 17.2 Å². The molecule has 23 heavy (non-hydrogen) atoms. The lowest BCUT2D eigenvalue weighted by molar-refractivity contribution is 0.549. The van der Waals surface area contributed by atoms with Gasteiger partial charge in [-0.05, 0) is 51.0 Å². The zero-order valence-corrected chi connectivity index (χ0v) is 14.6. The highest BCUT2D eigenvalue weighted by Gasteiger charge is 2.30. The highest BCUT2D eigenvalue weighted by atomic mass is 35.5. The van der Waals surface area contributed by atoms with E-state index in [9.17, 15) is 0 Å². The third kappa shape index (κ3) is 6.78. The molecule has 1 atom stereocenters. The van der Waals surface area contributed by atoms with E-state index in [0.717, 1.165) is 12.8 Å². The minimum absolute atomic E-state index is 0. The fraction of sp³-hybridized carbons (Fsp3) is 0.500. The molecular formula is C16H27ClN6. The minimum Gasteiger partial charge on any atom is -0.369 e. The first-order valence-corrected chi connectivity index (χ1v) is 7.69. The monoisotopic (exact) mass is 338 g/mol. The Morgan fingerprint density at radius 1 is 1.17 bits per heavy atom. The summed E-state index contributed by atoms with van der Waals surface area (Å²) in [6.07, 6.45) is 4.42. The van der Waals surface area contributed by atoms with Crippen molar-refractivity contribution in [3.63, 3.8) is 0 Å². The summed E-state index contributed by atoms with van der Waals surface area (Å²) in [5, 5.41) is 3.67. The van der Waals surface area contributed by atoms with Gasteiger partial charge in [0.25, 0.3) is 0 Å². The van der Waals surface area contributed by atoms with Crippen molar-refractivity contribution in [2.24, 2.45) is 33.2 Å². The molecule has 0 bridgehead atoms. The van der Waals surface area contributed by atoms with Crippen molar-refractivity contribution in [1.82, 2.24) is 5.43 Å². The number of hydrazone groups is 1. The maximum atomic E-state index is 5.83. The van der Waals surface area contributed by atoms with E-state index < -0.39 is 0 Å². The molecule has 0 aromatic heterocycles. The quantitative estimate of drug-likeness (QED) is 0.357. The lowest BCUT2D eigenvalue weighted by atomic mass is 9.99. The van der Waals surface area contributed by atoms with Crippen LogP contribution in [0.3, 0.4) is 0 Å². The number of nitrogens with one attached hydrogen (secondary N) is 1. The molecule has 1 saturated carbocycles. The molecule has 128 valence electrons. The molecule has 0 amide bonds. The Morgan fingerprint density at radius 2 is 1.78 bits per heavy atom. The fourth-order valence-electron chi connectivity index (χ4n) is 2.74. The van der Waals surface area contributed by atoms with E-state index in [-0.39, 0.29) is 30.4 Å². The summed E-state index contributed by atoms with van der Waals surface area (Å²) < 4.78 is 0. The topological polar surface area (TPSA) is 115 Å². The second kappa shape index (κ2) is 8.62. The van der Waals surface area contributed by atoms with E-state index in [1.807, 2.05) is 0 Å². The molecule has 7 N–H and O–H groups in total. The van der Waals surface area contributed by atoms with Crippen LogP contribution in [-0.4, -0.2) is 18.0 Å². The first-order valence-electron chi connectivity index (χ1n) is 7.69. The number of guanidine groups is 2. The van der Waals surface area contributed by atoms with Gasteiger partial charge in [0, 0.05) is 0 Å². The van der Waals surface area contributed by atoms with Crippen molar-refractivity contribution in [3.8, 4) is 0 Å². The normalized spacial score (nSPS) is 15.5. The molecular weight excluding hydrogens is 312 g/mol. The number of hydrogen-bond donors (Lipinski definition) is 4. The first kappa shape index (κ1) is 19.1. The van der Waals surface area contributed by atoms with Crippen LogP contribution in [0.4, 0.5) is 0 Å². The SMILES string of the molecule is Cc1cc(C)cc(CCC(N=C(N)NN=C(N)N)C2CC2)c1.Cl. The second-order valence-corrected chi connectivity index (χ2v) is 6.10. The summed E-state index contributed by atoms with van der Waals surface area (Å²) in [6, 6.07) is 6.89. The van der Waals surface area contributed by atoms with Crippen molar-refractivity contribution in [3.05, 3.63) is 34.9 Å². The highest BCUT2D eigenvalue weighted by molar-refractivity contribution is 5.85. The van der Waals surface area contributed by atoms with Crippen LogP contribution < -0.4 is 22.6 Å². The molecule has 0 heterocycles. The molecule has 0 spiro atoms. The predicted octanol–water partition coefficient (Wildman–Crippen LogP) is 1.53. The largest absolute Gasteiger partial charge is 0.369 e. The van der Waals surface area contributed by atoms with Crippen LogP contribution >= 0.6 is 12.4 Å². The zero-order chi connectivity index (χ0) is 16.1. The Hall–Kier alpha value is -1.95. The van der Waals surface area contributed by atoms with Gasteiger partial charge in [-0.1, -0.05) is 29.3 Å². The predicted molar refractivity (Wildman–Crippen MR) is 98.6 cm³/mol. The van der Waals surface area contributed by atoms with Gasteiger partial charge in [0.15, 0.2) is 0 Å². The third-order valence-corrected chi connectivity index (χ3v) is 3.78. The summed E-state index contributed by atoms with van der Waals surface area (Å²) in [6.45, 7) is 4.26. The molecule has 6 nitrogen and oxygen atoms in total. The third-order valence-electron chi connectivity index (χ3n) is 3.78. The minimum atomic E-state index is -0.0589. The number of nitrogens with two attached hydrogens (primary N) is 3. The van der Waals surface area contributed by atoms with Crippen molar-refractivity contribution < 1.29 is 0 Å². The van der Waals surface area contributed by atoms with Gasteiger partial charge in [-0.25, -0.2) is 10.4 Å². The summed E-state index contributed by atoms with van der Waals surface area (Å²) in [7, 11) is 0. The highest BCUT2D eigenvalue weighted by Crippen LogP contribution is 2.36. The summed E-state index contributed by atoms with van der Waals surface area (Å²) in [5.41, 5.74) is 22.9. The fourth-order valence-corrected chi connectivity index (χ4v) is 2.74. The van der Waals surface area contributed by atoms with Gasteiger partial charge in [0.1, 0.15) is 0 Å². The number of hydrogen-bond acceptors (Lipinski definition) is 2. The molecule has 1 fully saturated rings.